The Morgan fingerprint density at radius 1 is 0.917 bits per heavy atom. The van der Waals surface area contributed by atoms with E-state index in [0.717, 1.165) is 56.0 Å². The molecule has 0 unspecified atom stereocenters. The molecule has 0 spiro atoms. The van der Waals surface area contributed by atoms with Crippen LogP contribution < -0.4 is 10.2 Å². The van der Waals surface area contributed by atoms with Gasteiger partial charge in [-0.15, -0.1) is 0 Å². The molecule has 1 fully saturated rings. The van der Waals surface area contributed by atoms with Gasteiger partial charge in [-0.25, -0.2) is 4.79 Å². The second kappa shape index (κ2) is 11.7. The van der Waals surface area contributed by atoms with Crippen molar-refractivity contribution in [1.82, 2.24) is 0 Å². The van der Waals surface area contributed by atoms with Crippen molar-refractivity contribution in [2.24, 2.45) is 5.41 Å². The third-order valence-electron chi connectivity index (χ3n) is 7.04. The number of carbonyl (C=O) groups is 2. The van der Waals surface area contributed by atoms with E-state index >= 15 is 0 Å². The normalized spacial score (nSPS) is 14.9. The van der Waals surface area contributed by atoms with Gasteiger partial charge in [0.05, 0.1) is 5.41 Å². The van der Waals surface area contributed by atoms with Gasteiger partial charge in [-0.1, -0.05) is 73.9 Å². The van der Waals surface area contributed by atoms with Crippen LogP contribution in [-0.2, 0) is 22.6 Å². The van der Waals surface area contributed by atoms with Crippen molar-refractivity contribution in [3.63, 3.8) is 0 Å². The molecule has 0 bridgehead atoms. The second-order valence-electron chi connectivity index (χ2n) is 9.78. The summed E-state index contributed by atoms with van der Waals surface area (Å²) in [6.07, 6.45) is 8.34. The molecule has 0 aliphatic heterocycles. The third kappa shape index (κ3) is 6.63. The van der Waals surface area contributed by atoms with Crippen LogP contribution in [0.4, 0.5) is 11.4 Å². The lowest BCUT2D eigenvalue weighted by molar-refractivity contribution is -0.131. The Hall–Kier alpha value is -3.86. The minimum Gasteiger partial charge on any atom is -0.478 e. The molecule has 1 saturated carbocycles. The van der Waals surface area contributed by atoms with Crippen molar-refractivity contribution in [2.45, 2.75) is 45.1 Å². The van der Waals surface area contributed by atoms with E-state index in [1.807, 2.05) is 30.3 Å². The van der Waals surface area contributed by atoms with Crippen molar-refractivity contribution in [3.8, 4) is 0 Å². The highest BCUT2D eigenvalue weighted by atomic mass is 16.4. The third-order valence-corrected chi connectivity index (χ3v) is 7.04. The van der Waals surface area contributed by atoms with E-state index < -0.39 is 11.4 Å². The first-order valence-electron chi connectivity index (χ1n) is 12.6. The lowest BCUT2D eigenvalue weighted by atomic mass is 9.69. The second-order valence-corrected chi connectivity index (χ2v) is 9.78. The maximum atomic E-state index is 13.6. The van der Waals surface area contributed by atoms with Gasteiger partial charge in [0.1, 0.15) is 0 Å². The summed E-state index contributed by atoms with van der Waals surface area (Å²) in [7, 11) is 2.10. The first-order valence-corrected chi connectivity index (χ1v) is 12.6. The topological polar surface area (TPSA) is 69.6 Å². The molecule has 1 aliphatic rings. The summed E-state index contributed by atoms with van der Waals surface area (Å²) in [5.41, 5.74) is 4.57. The number of rotatable bonds is 9. The number of aliphatic carboxylic acids is 1. The molecule has 0 saturated heterocycles. The number of anilines is 2. The lowest BCUT2D eigenvalue weighted by Crippen LogP contribution is -2.40. The number of amides is 1. The van der Waals surface area contributed by atoms with Gasteiger partial charge in [-0.3, -0.25) is 4.79 Å². The fraction of sp³-hybridized carbons (Fsp3) is 0.290. The summed E-state index contributed by atoms with van der Waals surface area (Å²) in [5.74, 6) is -0.949. The van der Waals surface area contributed by atoms with E-state index in [-0.39, 0.29) is 5.91 Å². The number of carboxylic acid groups (broad SMARTS) is 1. The maximum Gasteiger partial charge on any atom is 0.328 e. The molecule has 5 nitrogen and oxygen atoms in total. The predicted molar refractivity (Wildman–Crippen MR) is 146 cm³/mol. The molecule has 186 valence electrons. The van der Waals surface area contributed by atoms with Crippen LogP contribution in [-0.4, -0.2) is 24.0 Å². The molecule has 1 aliphatic carbocycles. The summed E-state index contributed by atoms with van der Waals surface area (Å²) < 4.78 is 0. The Morgan fingerprint density at radius 3 is 2.33 bits per heavy atom. The summed E-state index contributed by atoms with van der Waals surface area (Å²) >= 11 is 0. The van der Waals surface area contributed by atoms with E-state index in [1.54, 1.807) is 0 Å². The average Bonchev–Trinajstić information content (AvgIpc) is 2.89. The fourth-order valence-corrected chi connectivity index (χ4v) is 5.07. The van der Waals surface area contributed by atoms with E-state index in [1.165, 1.54) is 17.2 Å². The van der Waals surface area contributed by atoms with Crippen LogP contribution in [0.5, 0.6) is 0 Å². The van der Waals surface area contributed by atoms with E-state index in [0.29, 0.717) is 12.1 Å². The summed E-state index contributed by atoms with van der Waals surface area (Å²) in [4.78, 5) is 26.7. The molecule has 0 radical (unpaired) electrons. The van der Waals surface area contributed by atoms with Crippen LogP contribution >= 0.6 is 0 Å². The quantitative estimate of drug-likeness (QED) is 0.339. The minimum atomic E-state index is -0.997. The predicted octanol–water partition coefficient (Wildman–Crippen LogP) is 6.55. The zero-order valence-electron chi connectivity index (χ0n) is 20.8. The molecular formula is C31H34N2O3. The molecule has 4 rings (SSSR count). The van der Waals surface area contributed by atoms with E-state index in [2.05, 4.69) is 65.8 Å². The molecule has 0 atom stereocenters. The van der Waals surface area contributed by atoms with Gasteiger partial charge in [0, 0.05) is 31.0 Å². The van der Waals surface area contributed by atoms with Gasteiger partial charge >= 0.3 is 5.97 Å². The van der Waals surface area contributed by atoms with Crippen LogP contribution in [0, 0.1) is 5.41 Å². The van der Waals surface area contributed by atoms with Crippen molar-refractivity contribution in [3.05, 3.63) is 102 Å². The molecule has 0 aromatic heterocycles. The summed E-state index contributed by atoms with van der Waals surface area (Å²) in [5, 5.41) is 12.0. The number of benzene rings is 3. The van der Waals surface area contributed by atoms with Crippen molar-refractivity contribution in [2.75, 3.05) is 17.3 Å². The average molecular weight is 483 g/mol. The van der Waals surface area contributed by atoms with Crippen molar-refractivity contribution in [1.29, 1.82) is 0 Å². The van der Waals surface area contributed by atoms with Crippen LogP contribution in [0.15, 0.2) is 84.9 Å². The monoisotopic (exact) mass is 482 g/mol. The molecule has 3 aromatic rings. The zero-order valence-corrected chi connectivity index (χ0v) is 20.8. The highest BCUT2D eigenvalue weighted by molar-refractivity contribution is 5.96. The smallest absolute Gasteiger partial charge is 0.328 e. The highest BCUT2D eigenvalue weighted by Crippen LogP contribution is 2.40. The maximum absolute atomic E-state index is 13.6. The van der Waals surface area contributed by atoms with Gasteiger partial charge in [-0.05, 0) is 66.3 Å². The van der Waals surface area contributed by atoms with Gasteiger partial charge in [-0.2, -0.15) is 0 Å². The first-order chi connectivity index (χ1) is 17.4. The Morgan fingerprint density at radius 2 is 1.64 bits per heavy atom. The zero-order chi connectivity index (χ0) is 25.4. The minimum absolute atomic E-state index is 0.0480. The fourth-order valence-electron chi connectivity index (χ4n) is 5.07. The lowest BCUT2D eigenvalue weighted by Gasteiger charge is -2.36. The van der Waals surface area contributed by atoms with Gasteiger partial charge in [0.2, 0.25) is 5.91 Å². The van der Waals surface area contributed by atoms with Gasteiger partial charge in [0.15, 0.2) is 0 Å². The van der Waals surface area contributed by atoms with Crippen LogP contribution in [0.2, 0.25) is 0 Å². The molecule has 5 heteroatoms. The molecule has 36 heavy (non-hydrogen) atoms. The van der Waals surface area contributed by atoms with Gasteiger partial charge < -0.3 is 15.3 Å². The van der Waals surface area contributed by atoms with Crippen LogP contribution in [0.3, 0.4) is 0 Å². The van der Waals surface area contributed by atoms with Crippen LogP contribution in [0.1, 0.15) is 48.8 Å². The molecule has 3 aromatic carbocycles. The Balaban J connectivity index is 1.46. The van der Waals surface area contributed by atoms with Crippen molar-refractivity contribution < 1.29 is 14.7 Å². The number of nitrogens with zero attached hydrogens (tertiary/aromatic N) is 1. The Bertz CT molecular complexity index is 1200. The molecule has 2 N–H and O–H groups in total. The molecular weight excluding hydrogens is 448 g/mol. The SMILES string of the molecule is CN(Cc1ccccc1)c1ccc(CC2(C(=O)Nc3cccc(/C=C/C(=O)O)c3)CCCCC2)cc1. The largest absolute Gasteiger partial charge is 0.478 e. The standard InChI is InChI=1S/C31H34N2O3/c1-33(23-26-9-4-2-5-10-26)28-16-13-25(14-17-28)22-31(19-6-3-7-20-31)30(36)32-27-12-8-11-24(21-27)15-18-29(34)35/h2,4-5,8-18,21H,3,6-7,19-20,22-23H2,1H3,(H,32,36)(H,34,35)/b18-15+. The summed E-state index contributed by atoms with van der Waals surface area (Å²) in [6, 6.07) is 26.3. The molecule has 1 amide bonds. The molecule has 0 heterocycles. The number of carbonyl (C=O) groups excluding carboxylic acids is 1. The van der Waals surface area contributed by atoms with Crippen LogP contribution in [0.25, 0.3) is 6.08 Å². The number of nitrogens with one attached hydrogen (secondary N) is 1. The van der Waals surface area contributed by atoms with E-state index in [9.17, 15) is 9.59 Å². The van der Waals surface area contributed by atoms with Crippen molar-refractivity contribution >= 4 is 29.3 Å². The first kappa shape index (κ1) is 25.2. The number of carboxylic acids is 1. The number of hydrogen-bond donors (Lipinski definition) is 2. The summed E-state index contributed by atoms with van der Waals surface area (Å²) in [6.45, 7) is 0.841. The number of hydrogen-bond acceptors (Lipinski definition) is 3. The Labute approximate surface area is 213 Å². The van der Waals surface area contributed by atoms with E-state index in [4.69, 9.17) is 5.11 Å². The Kier molecular flexibility index (Phi) is 8.21. The highest BCUT2D eigenvalue weighted by Gasteiger charge is 2.39. The van der Waals surface area contributed by atoms with Gasteiger partial charge in [0.25, 0.3) is 0 Å².